The van der Waals surface area contributed by atoms with Crippen LogP contribution in [0.2, 0.25) is 5.02 Å². The number of hydrogen-bond acceptors (Lipinski definition) is 2. The molecule has 3 aromatic carbocycles. The van der Waals surface area contributed by atoms with E-state index in [9.17, 15) is 8.78 Å². The molecular weight excluding hydrogens is 420 g/mol. The number of H-pyrrole nitrogens is 2. The van der Waals surface area contributed by atoms with Crippen molar-refractivity contribution in [3.05, 3.63) is 53.1 Å². The van der Waals surface area contributed by atoms with E-state index in [4.69, 9.17) is 16.3 Å². The van der Waals surface area contributed by atoms with Crippen LogP contribution in [0.15, 0.2) is 36.4 Å². The lowest BCUT2D eigenvalue weighted by atomic mass is 10.1. The summed E-state index contributed by atoms with van der Waals surface area (Å²) < 4.78 is 33.2. The molecule has 0 unspecified atom stereocenters. The molecule has 3 N–H and O–H groups in total. The Balaban J connectivity index is 0.000000296. The maximum Gasteiger partial charge on any atom is 0.167 e. The van der Waals surface area contributed by atoms with E-state index in [-0.39, 0.29) is 11.6 Å². The average Bonchev–Trinajstić information content (AvgIpc) is 3.45. The van der Waals surface area contributed by atoms with Crippen molar-refractivity contribution in [2.75, 3.05) is 13.7 Å². The Hall–Kier alpha value is -2.83. The average molecular weight is 442 g/mol. The molecule has 6 rings (SSSR count). The molecule has 0 spiro atoms. The lowest BCUT2D eigenvalue weighted by Gasteiger charge is -2.06. The lowest BCUT2D eigenvalue weighted by Crippen LogP contribution is -2.16. The number of rotatable bonds is 1. The minimum absolute atomic E-state index is 0.353. The maximum atomic E-state index is 13.8. The van der Waals surface area contributed by atoms with Gasteiger partial charge in [0.2, 0.25) is 0 Å². The van der Waals surface area contributed by atoms with Crippen LogP contribution in [0, 0.1) is 11.6 Å². The summed E-state index contributed by atoms with van der Waals surface area (Å²) in [6, 6.07) is 9.74. The number of aromatic amines is 2. The number of hydrogen-bond donors (Lipinski definition) is 3. The van der Waals surface area contributed by atoms with Crippen molar-refractivity contribution in [1.82, 2.24) is 15.3 Å². The van der Waals surface area contributed by atoms with E-state index in [2.05, 4.69) is 22.2 Å². The van der Waals surface area contributed by atoms with E-state index in [0.717, 1.165) is 17.1 Å². The number of aromatic nitrogens is 2. The molecule has 31 heavy (non-hydrogen) atoms. The predicted octanol–water partition coefficient (Wildman–Crippen LogP) is 6.65. The van der Waals surface area contributed by atoms with Gasteiger partial charge in [-0.3, -0.25) is 0 Å². The van der Waals surface area contributed by atoms with E-state index in [1.807, 2.05) is 0 Å². The molecular formula is C24H22ClF2N3O. The number of benzene rings is 3. The second-order valence-corrected chi connectivity index (χ2v) is 8.35. The van der Waals surface area contributed by atoms with Gasteiger partial charge in [0, 0.05) is 38.6 Å². The summed E-state index contributed by atoms with van der Waals surface area (Å²) in [5, 5.41) is 6.38. The van der Waals surface area contributed by atoms with E-state index < -0.39 is 0 Å². The van der Waals surface area contributed by atoms with E-state index in [1.54, 1.807) is 19.2 Å². The molecule has 0 radical (unpaired) electrons. The van der Waals surface area contributed by atoms with Crippen LogP contribution < -0.4 is 10.1 Å². The molecule has 1 atom stereocenters. The van der Waals surface area contributed by atoms with Crippen molar-refractivity contribution in [2.45, 2.75) is 25.8 Å². The van der Waals surface area contributed by atoms with Gasteiger partial charge in [0.25, 0.3) is 0 Å². The molecule has 1 aliphatic heterocycles. The van der Waals surface area contributed by atoms with Gasteiger partial charge in [-0.05, 0) is 62.7 Å². The quantitative estimate of drug-likeness (QED) is 0.272. The number of ether oxygens (including phenoxy) is 1. The second-order valence-electron chi connectivity index (χ2n) is 7.97. The second kappa shape index (κ2) is 7.70. The standard InChI is InChI=1S/C19H11ClF2N2O.C5H11N/c1-25-19-17-14(10-6-8(21)2-4-12(10)23-17)16(20)15-11-7-9(22)3-5-13(11)24-18(15)19;1-5-3-2-4-6-5/h2-7,23-24H,1H3;5-6H,2-4H2,1H3/t;5-/m.0/s1. The third kappa shape index (κ3) is 3.30. The monoisotopic (exact) mass is 441 g/mol. The Morgan fingerprint density at radius 3 is 1.87 bits per heavy atom. The van der Waals surface area contributed by atoms with E-state index in [0.29, 0.717) is 43.4 Å². The fourth-order valence-electron chi connectivity index (χ4n) is 4.44. The smallest absolute Gasteiger partial charge is 0.167 e. The number of fused-ring (bicyclic) bond motifs is 6. The molecule has 0 aliphatic carbocycles. The van der Waals surface area contributed by atoms with Crippen molar-refractivity contribution in [3.63, 3.8) is 0 Å². The molecule has 5 aromatic rings. The summed E-state index contributed by atoms with van der Waals surface area (Å²) >= 11 is 6.71. The zero-order valence-electron chi connectivity index (χ0n) is 17.2. The van der Waals surface area contributed by atoms with Crippen molar-refractivity contribution in [3.8, 4) is 5.75 Å². The zero-order valence-corrected chi connectivity index (χ0v) is 18.0. The largest absolute Gasteiger partial charge is 0.492 e. The first kappa shape index (κ1) is 20.1. The Kier molecular flexibility index (Phi) is 4.99. The SMILES string of the molecule is COc1c2[nH]c3ccc(F)cc3c2c(Cl)c2c1[nH]c1ccc(F)cc12.C[C@H]1CCCN1. The molecule has 3 heterocycles. The van der Waals surface area contributed by atoms with Gasteiger partial charge in [-0.25, -0.2) is 8.78 Å². The van der Waals surface area contributed by atoms with Crippen LogP contribution in [0.1, 0.15) is 19.8 Å². The summed E-state index contributed by atoms with van der Waals surface area (Å²) in [4.78, 5) is 6.49. The predicted molar refractivity (Wildman–Crippen MR) is 123 cm³/mol. The molecule has 0 amide bonds. The van der Waals surface area contributed by atoms with Gasteiger partial charge in [-0.2, -0.15) is 0 Å². The summed E-state index contributed by atoms with van der Waals surface area (Å²) in [7, 11) is 1.56. The highest BCUT2D eigenvalue weighted by Crippen LogP contribution is 2.46. The molecule has 7 heteroatoms. The zero-order chi connectivity index (χ0) is 21.7. The van der Waals surface area contributed by atoms with Crippen molar-refractivity contribution in [1.29, 1.82) is 0 Å². The molecule has 1 fully saturated rings. The van der Waals surface area contributed by atoms with Crippen LogP contribution in [-0.4, -0.2) is 29.7 Å². The summed E-state index contributed by atoms with van der Waals surface area (Å²) in [5.41, 5.74) is 2.85. The van der Waals surface area contributed by atoms with E-state index in [1.165, 1.54) is 43.7 Å². The fourth-order valence-corrected chi connectivity index (χ4v) is 4.83. The van der Waals surface area contributed by atoms with Gasteiger partial charge >= 0.3 is 0 Å². The highest BCUT2D eigenvalue weighted by molar-refractivity contribution is 6.45. The van der Waals surface area contributed by atoms with Gasteiger partial charge < -0.3 is 20.0 Å². The summed E-state index contributed by atoms with van der Waals surface area (Å²) in [6.07, 6.45) is 2.75. The first-order valence-corrected chi connectivity index (χ1v) is 10.7. The number of methoxy groups -OCH3 is 1. The van der Waals surface area contributed by atoms with Gasteiger partial charge in [0.1, 0.15) is 11.6 Å². The first-order chi connectivity index (χ1) is 15.0. The minimum Gasteiger partial charge on any atom is -0.492 e. The van der Waals surface area contributed by atoms with Crippen LogP contribution in [0.5, 0.6) is 5.75 Å². The number of halogens is 3. The molecule has 0 saturated carbocycles. The molecule has 2 aromatic heterocycles. The molecule has 160 valence electrons. The lowest BCUT2D eigenvalue weighted by molar-refractivity contribution is 0.423. The highest BCUT2D eigenvalue weighted by atomic mass is 35.5. The van der Waals surface area contributed by atoms with Gasteiger partial charge in [0.15, 0.2) is 5.75 Å². The Labute approximate surface area is 182 Å². The van der Waals surface area contributed by atoms with Crippen LogP contribution in [-0.2, 0) is 0 Å². The molecule has 1 saturated heterocycles. The minimum atomic E-state index is -0.353. The molecule has 1 aliphatic rings. The van der Waals surface area contributed by atoms with Crippen LogP contribution in [0.3, 0.4) is 0 Å². The fraction of sp³-hybridized carbons (Fsp3) is 0.250. The van der Waals surface area contributed by atoms with Crippen molar-refractivity contribution >= 4 is 55.2 Å². The Morgan fingerprint density at radius 1 is 0.935 bits per heavy atom. The normalized spacial score (nSPS) is 16.4. The Morgan fingerprint density at radius 2 is 1.48 bits per heavy atom. The third-order valence-corrected chi connectivity index (χ3v) is 6.30. The van der Waals surface area contributed by atoms with Gasteiger partial charge in [-0.1, -0.05) is 11.6 Å². The maximum absolute atomic E-state index is 13.8. The third-order valence-electron chi connectivity index (χ3n) is 5.93. The summed E-state index contributed by atoms with van der Waals surface area (Å²) in [5.74, 6) is -0.149. The highest BCUT2D eigenvalue weighted by Gasteiger charge is 2.21. The topological polar surface area (TPSA) is 52.8 Å². The van der Waals surface area contributed by atoms with Crippen molar-refractivity contribution in [2.24, 2.45) is 0 Å². The number of nitrogens with one attached hydrogen (secondary N) is 3. The van der Waals surface area contributed by atoms with Crippen LogP contribution >= 0.6 is 11.6 Å². The summed E-state index contributed by atoms with van der Waals surface area (Å²) in [6.45, 7) is 3.47. The molecule has 0 bridgehead atoms. The van der Waals surface area contributed by atoms with Gasteiger partial charge in [-0.15, -0.1) is 0 Å². The van der Waals surface area contributed by atoms with Crippen molar-refractivity contribution < 1.29 is 13.5 Å². The van der Waals surface area contributed by atoms with Crippen LogP contribution in [0.25, 0.3) is 43.6 Å². The van der Waals surface area contributed by atoms with Gasteiger partial charge in [0.05, 0.1) is 23.2 Å². The van der Waals surface area contributed by atoms with Crippen LogP contribution in [0.4, 0.5) is 8.78 Å². The first-order valence-electron chi connectivity index (χ1n) is 10.3. The van der Waals surface area contributed by atoms with E-state index >= 15 is 0 Å². The molecule has 4 nitrogen and oxygen atoms in total. The Bertz CT molecular complexity index is 1340.